The maximum absolute atomic E-state index is 4.83. The minimum Gasteiger partial charge on any atom is -0.248 e. The molecule has 0 aliphatic carbocycles. The van der Waals surface area contributed by atoms with Gasteiger partial charge in [0.05, 0.1) is 11.2 Å². The van der Waals surface area contributed by atoms with Crippen molar-refractivity contribution in [1.82, 2.24) is 4.98 Å². The Morgan fingerprint density at radius 1 is 0.545 bits per heavy atom. The number of hydrogen-bond donors (Lipinski definition) is 0. The van der Waals surface area contributed by atoms with Crippen LogP contribution in [-0.4, -0.2) is 4.98 Å². The maximum atomic E-state index is 4.83. The van der Waals surface area contributed by atoms with Gasteiger partial charge in [0.1, 0.15) is 0 Å². The van der Waals surface area contributed by atoms with Gasteiger partial charge in [-0.3, -0.25) is 0 Å². The second-order valence-electron chi connectivity index (χ2n) is 5.30. The molecule has 0 N–H and O–H groups in total. The van der Waals surface area contributed by atoms with Gasteiger partial charge in [-0.05, 0) is 23.3 Å². The standard InChI is InChI=1S/C21H15N/c1-3-9-16(10-4-1)19-15-21(17-11-5-2-6-12-17)22-20-14-8-7-13-18(19)20/h1-15H. The van der Waals surface area contributed by atoms with Crippen molar-refractivity contribution in [3.63, 3.8) is 0 Å². The van der Waals surface area contributed by atoms with Gasteiger partial charge in [-0.15, -0.1) is 0 Å². The van der Waals surface area contributed by atoms with E-state index in [9.17, 15) is 0 Å². The Bertz CT molecular complexity index is 912. The quantitative estimate of drug-likeness (QED) is 0.468. The molecule has 0 unspecified atom stereocenters. The lowest BCUT2D eigenvalue weighted by molar-refractivity contribution is 1.40. The molecule has 0 amide bonds. The molecule has 1 nitrogen and oxygen atoms in total. The molecule has 0 saturated heterocycles. The summed E-state index contributed by atoms with van der Waals surface area (Å²) in [5.41, 5.74) is 5.63. The molecule has 4 aromatic rings. The first kappa shape index (κ1) is 12.8. The highest BCUT2D eigenvalue weighted by Gasteiger charge is 2.08. The molecule has 1 heterocycles. The molecule has 0 aliphatic heterocycles. The first-order valence-electron chi connectivity index (χ1n) is 7.42. The van der Waals surface area contributed by atoms with Gasteiger partial charge in [0, 0.05) is 10.9 Å². The molecule has 0 bridgehead atoms. The van der Waals surface area contributed by atoms with Crippen molar-refractivity contribution in [3.8, 4) is 22.4 Å². The molecule has 0 saturated carbocycles. The van der Waals surface area contributed by atoms with E-state index < -0.39 is 0 Å². The average Bonchev–Trinajstić information content (AvgIpc) is 2.62. The summed E-state index contributed by atoms with van der Waals surface area (Å²) in [7, 11) is 0. The minimum atomic E-state index is 1.01. The average molecular weight is 281 g/mol. The van der Waals surface area contributed by atoms with Crippen LogP contribution in [0.4, 0.5) is 0 Å². The fraction of sp³-hybridized carbons (Fsp3) is 0. The summed E-state index contributed by atoms with van der Waals surface area (Å²) >= 11 is 0. The van der Waals surface area contributed by atoms with Crippen molar-refractivity contribution in [3.05, 3.63) is 91.0 Å². The SMILES string of the molecule is c1ccc(-c2cc(-c3ccccc3)c3ccccc3n2)cc1. The van der Waals surface area contributed by atoms with Crippen LogP contribution in [0.3, 0.4) is 0 Å². The third-order valence-corrected chi connectivity index (χ3v) is 3.87. The van der Waals surface area contributed by atoms with Crippen molar-refractivity contribution in [2.75, 3.05) is 0 Å². The predicted octanol–water partition coefficient (Wildman–Crippen LogP) is 5.57. The Hall–Kier alpha value is -2.93. The highest BCUT2D eigenvalue weighted by Crippen LogP contribution is 2.31. The second kappa shape index (κ2) is 5.45. The third-order valence-electron chi connectivity index (χ3n) is 3.87. The van der Waals surface area contributed by atoms with Crippen LogP contribution < -0.4 is 0 Å². The van der Waals surface area contributed by atoms with Crippen molar-refractivity contribution in [2.24, 2.45) is 0 Å². The Morgan fingerprint density at radius 2 is 1.14 bits per heavy atom. The van der Waals surface area contributed by atoms with Gasteiger partial charge in [-0.2, -0.15) is 0 Å². The van der Waals surface area contributed by atoms with Crippen LogP contribution in [-0.2, 0) is 0 Å². The van der Waals surface area contributed by atoms with Gasteiger partial charge in [0.2, 0.25) is 0 Å². The van der Waals surface area contributed by atoms with Gasteiger partial charge in [0.25, 0.3) is 0 Å². The summed E-state index contributed by atoms with van der Waals surface area (Å²) in [5.74, 6) is 0. The molecule has 1 aromatic heterocycles. The Morgan fingerprint density at radius 3 is 1.86 bits per heavy atom. The van der Waals surface area contributed by atoms with E-state index >= 15 is 0 Å². The van der Waals surface area contributed by atoms with Crippen molar-refractivity contribution < 1.29 is 0 Å². The fourth-order valence-electron chi connectivity index (χ4n) is 2.79. The first-order chi connectivity index (χ1) is 10.9. The Kier molecular flexibility index (Phi) is 3.17. The second-order valence-corrected chi connectivity index (χ2v) is 5.30. The van der Waals surface area contributed by atoms with E-state index in [1.807, 2.05) is 30.3 Å². The number of benzene rings is 3. The van der Waals surface area contributed by atoms with Gasteiger partial charge in [0.15, 0.2) is 0 Å². The van der Waals surface area contributed by atoms with Gasteiger partial charge < -0.3 is 0 Å². The molecule has 1 heteroatoms. The summed E-state index contributed by atoms with van der Waals surface area (Å²) in [4.78, 5) is 4.83. The largest absolute Gasteiger partial charge is 0.248 e. The van der Waals surface area contributed by atoms with E-state index in [1.165, 1.54) is 16.5 Å². The molecule has 0 aliphatic rings. The molecule has 3 aromatic carbocycles. The highest BCUT2D eigenvalue weighted by atomic mass is 14.7. The lowest BCUT2D eigenvalue weighted by Gasteiger charge is -2.10. The third kappa shape index (κ3) is 2.27. The number of para-hydroxylation sites is 1. The van der Waals surface area contributed by atoms with Crippen LogP contribution in [0.2, 0.25) is 0 Å². The van der Waals surface area contributed by atoms with Crippen molar-refractivity contribution in [1.29, 1.82) is 0 Å². The molecular weight excluding hydrogens is 266 g/mol. The monoisotopic (exact) mass is 281 g/mol. The molecular formula is C21H15N. The van der Waals surface area contributed by atoms with E-state index in [4.69, 9.17) is 4.98 Å². The van der Waals surface area contributed by atoms with Crippen molar-refractivity contribution in [2.45, 2.75) is 0 Å². The summed E-state index contributed by atoms with van der Waals surface area (Å²) in [5, 5.41) is 1.19. The number of fused-ring (bicyclic) bond motifs is 1. The molecule has 104 valence electrons. The highest BCUT2D eigenvalue weighted by molar-refractivity contribution is 5.96. The molecule has 0 radical (unpaired) electrons. The van der Waals surface area contributed by atoms with Gasteiger partial charge >= 0.3 is 0 Å². The zero-order valence-corrected chi connectivity index (χ0v) is 12.1. The van der Waals surface area contributed by atoms with E-state index in [-0.39, 0.29) is 0 Å². The lowest BCUT2D eigenvalue weighted by atomic mass is 9.98. The zero-order valence-electron chi connectivity index (χ0n) is 12.1. The van der Waals surface area contributed by atoms with E-state index in [0.717, 1.165) is 16.8 Å². The van der Waals surface area contributed by atoms with E-state index in [0.29, 0.717) is 0 Å². The van der Waals surface area contributed by atoms with Crippen LogP contribution >= 0.6 is 0 Å². The summed E-state index contributed by atoms with van der Waals surface area (Å²) in [6.07, 6.45) is 0. The van der Waals surface area contributed by atoms with Crippen LogP contribution in [0, 0.1) is 0 Å². The zero-order chi connectivity index (χ0) is 14.8. The summed E-state index contributed by atoms with van der Waals surface area (Å²) < 4.78 is 0. The molecule has 22 heavy (non-hydrogen) atoms. The van der Waals surface area contributed by atoms with Crippen molar-refractivity contribution >= 4 is 10.9 Å². The normalized spacial score (nSPS) is 10.7. The van der Waals surface area contributed by atoms with E-state index in [1.54, 1.807) is 0 Å². The number of nitrogens with zero attached hydrogens (tertiary/aromatic N) is 1. The molecule has 4 rings (SSSR count). The summed E-state index contributed by atoms with van der Waals surface area (Å²) in [6, 6.07) is 31.3. The maximum Gasteiger partial charge on any atom is 0.0715 e. The number of pyridine rings is 1. The van der Waals surface area contributed by atoms with Crippen LogP contribution in [0.25, 0.3) is 33.3 Å². The number of hydrogen-bond acceptors (Lipinski definition) is 1. The molecule has 0 spiro atoms. The van der Waals surface area contributed by atoms with E-state index in [2.05, 4.69) is 60.7 Å². The van der Waals surface area contributed by atoms with Crippen LogP contribution in [0.1, 0.15) is 0 Å². The number of rotatable bonds is 2. The van der Waals surface area contributed by atoms with Crippen LogP contribution in [0.5, 0.6) is 0 Å². The Balaban J connectivity index is 2.02. The number of aromatic nitrogens is 1. The lowest BCUT2D eigenvalue weighted by Crippen LogP contribution is -1.89. The van der Waals surface area contributed by atoms with Gasteiger partial charge in [-0.1, -0.05) is 78.9 Å². The van der Waals surface area contributed by atoms with Crippen LogP contribution in [0.15, 0.2) is 91.0 Å². The summed E-state index contributed by atoms with van der Waals surface area (Å²) in [6.45, 7) is 0. The smallest absolute Gasteiger partial charge is 0.0715 e. The minimum absolute atomic E-state index is 1.01. The first-order valence-corrected chi connectivity index (χ1v) is 7.42. The fourth-order valence-corrected chi connectivity index (χ4v) is 2.79. The molecule has 0 atom stereocenters. The Labute approximate surface area is 129 Å². The predicted molar refractivity (Wildman–Crippen MR) is 92.6 cm³/mol. The molecule has 0 fully saturated rings. The van der Waals surface area contributed by atoms with Gasteiger partial charge in [-0.25, -0.2) is 4.98 Å². The topological polar surface area (TPSA) is 12.9 Å².